The first kappa shape index (κ1) is 25.5. The number of rotatable bonds is 6. The van der Waals surface area contributed by atoms with E-state index in [4.69, 9.17) is 4.74 Å². The molecule has 1 aliphatic carbocycles. The number of Topliss-reactive ketones (excluding diaryl/α,β-unsaturated/α-hetero) is 1. The summed E-state index contributed by atoms with van der Waals surface area (Å²) < 4.78 is 5.27. The van der Waals surface area contributed by atoms with Gasteiger partial charge >= 0.3 is 5.97 Å². The number of aryl methyl sites for hydroxylation is 3. The third-order valence-corrected chi connectivity index (χ3v) is 7.22. The molecule has 0 spiro atoms. The molecule has 6 nitrogen and oxygen atoms in total. The van der Waals surface area contributed by atoms with Gasteiger partial charge < -0.3 is 9.84 Å². The summed E-state index contributed by atoms with van der Waals surface area (Å²) in [5, 5.41) is 11.5. The minimum Gasteiger partial charge on any atom is -0.507 e. The summed E-state index contributed by atoms with van der Waals surface area (Å²) in [5.41, 5.74) is 5.31. The van der Waals surface area contributed by atoms with Crippen LogP contribution in [-0.4, -0.2) is 29.4 Å². The van der Waals surface area contributed by atoms with Gasteiger partial charge in [-0.05, 0) is 80.0 Å². The minimum absolute atomic E-state index is 0.0373. The van der Waals surface area contributed by atoms with E-state index in [0.29, 0.717) is 23.2 Å². The second kappa shape index (κ2) is 10.7. The number of ether oxygens (including phenoxy) is 1. The molecule has 1 saturated heterocycles. The fourth-order valence-electron chi connectivity index (χ4n) is 5.35. The van der Waals surface area contributed by atoms with E-state index in [1.807, 2.05) is 56.3 Å². The van der Waals surface area contributed by atoms with Gasteiger partial charge in [0.25, 0.3) is 11.7 Å². The fraction of sp³-hybridized carbons (Fsp3) is 0.281. The van der Waals surface area contributed by atoms with E-state index in [1.54, 1.807) is 24.3 Å². The Bertz CT molecular complexity index is 1450. The van der Waals surface area contributed by atoms with Crippen molar-refractivity contribution in [3.8, 4) is 0 Å². The van der Waals surface area contributed by atoms with Gasteiger partial charge in [-0.15, -0.1) is 0 Å². The van der Waals surface area contributed by atoms with Crippen LogP contribution >= 0.6 is 0 Å². The van der Waals surface area contributed by atoms with Crippen molar-refractivity contribution in [1.29, 1.82) is 0 Å². The highest BCUT2D eigenvalue weighted by Gasteiger charge is 2.47. The van der Waals surface area contributed by atoms with Crippen LogP contribution in [0.1, 0.15) is 70.4 Å². The smallest absolute Gasteiger partial charge is 0.338 e. The Balaban J connectivity index is 1.64. The Morgan fingerprint density at radius 1 is 0.947 bits per heavy atom. The average molecular weight is 510 g/mol. The molecule has 2 aliphatic rings. The van der Waals surface area contributed by atoms with Crippen molar-refractivity contribution in [3.63, 3.8) is 0 Å². The van der Waals surface area contributed by atoms with Crippen LogP contribution in [0.2, 0.25) is 0 Å². The standard InChI is InChI=1S/C32H31NO5/c1-3-16-38-32(37)25-12-7-13-26(19-25)33-28(23-11-6-8-20(2)17-23)27(30(35)31(33)36)29(34)24-15-14-21-9-4-5-10-22(21)18-24/h6-8,11-15,17-19,28,34H,3-5,9-10,16H2,1-2H3/b29-27-. The van der Waals surface area contributed by atoms with E-state index in [0.717, 1.165) is 31.2 Å². The van der Waals surface area contributed by atoms with Crippen LogP contribution in [0, 0.1) is 6.92 Å². The van der Waals surface area contributed by atoms with Crippen molar-refractivity contribution in [1.82, 2.24) is 0 Å². The molecule has 0 radical (unpaired) electrons. The molecule has 194 valence electrons. The van der Waals surface area contributed by atoms with Crippen LogP contribution in [0.4, 0.5) is 5.69 Å². The molecule has 0 aromatic heterocycles. The second-order valence-electron chi connectivity index (χ2n) is 9.96. The molecule has 3 aromatic carbocycles. The van der Waals surface area contributed by atoms with Crippen LogP contribution < -0.4 is 4.90 Å². The quantitative estimate of drug-likeness (QED) is 0.189. The van der Waals surface area contributed by atoms with Crippen molar-refractivity contribution in [2.75, 3.05) is 11.5 Å². The van der Waals surface area contributed by atoms with E-state index in [-0.39, 0.29) is 23.5 Å². The Labute approximate surface area is 222 Å². The first-order chi connectivity index (χ1) is 18.4. The number of nitrogens with zero attached hydrogens (tertiary/aromatic N) is 1. The molecule has 6 heteroatoms. The number of carbonyl (C=O) groups excluding carboxylic acids is 3. The average Bonchev–Trinajstić information content (AvgIpc) is 3.21. The summed E-state index contributed by atoms with van der Waals surface area (Å²) >= 11 is 0. The van der Waals surface area contributed by atoms with Gasteiger partial charge in [0.1, 0.15) is 5.76 Å². The molecular formula is C32H31NO5. The normalized spacial score (nSPS) is 18.4. The van der Waals surface area contributed by atoms with Gasteiger partial charge in [0.2, 0.25) is 0 Å². The molecule has 38 heavy (non-hydrogen) atoms. The molecule has 1 atom stereocenters. The summed E-state index contributed by atoms with van der Waals surface area (Å²) in [4.78, 5) is 41.0. The van der Waals surface area contributed by atoms with Crippen molar-refractivity contribution in [2.24, 2.45) is 0 Å². The maximum absolute atomic E-state index is 13.5. The Morgan fingerprint density at radius 3 is 2.47 bits per heavy atom. The topological polar surface area (TPSA) is 83.9 Å². The molecule has 1 amide bonds. The Morgan fingerprint density at radius 2 is 1.71 bits per heavy atom. The van der Waals surface area contributed by atoms with Crippen molar-refractivity contribution in [2.45, 2.75) is 52.0 Å². The van der Waals surface area contributed by atoms with Gasteiger partial charge in [0, 0.05) is 11.3 Å². The number of fused-ring (bicyclic) bond motifs is 1. The summed E-state index contributed by atoms with van der Waals surface area (Å²) in [6, 6.07) is 19.0. The monoisotopic (exact) mass is 509 g/mol. The lowest BCUT2D eigenvalue weighted by Gasteiger charge is -2.26. The highest BCUT2D eigenvalue weighted by Crippen LogP contribution is 2.43. The van der Waals surface area contributed by atoms with E-state index in [9.17, 15) is 19.5 Å². The number of hydrogen-bond donors (Lipinski definition) is 1. The lowest BCUT2D eigenvalue weighted by molar-refractivity contribution is -0.132. The van der Waals surface area contributed by atoms with E-state index >= 15 is 0 Å². The summed E-state index contributed by atoms with van der Waals surface area (Å²) in [5.74, 6) is -2.20. The van der Waals surface area contributed by atoms with E-state index in [2.05, 4.69) is 0 Å². The fourth-order valence-corrected chi connectivity index (χ4v) is 5.35. The van der Waals surface area contributed by atoms with Crippen LogP contribution in [-0.2, 0) is 27.2 Å². The number of hydrogen-bond acceptors (Lipinski definition) is 5. The van der Waals surface area contributed by atoms with Gasteiger partial charge in [-0.3, -0.25) is 14.5 Å². The maximum Gasteiger partial charge on any atom is 0.338 e. The molecule has 0 bridgehead atoms. The number of aliphatic hydroxyl groups excluding tert-OH is 1. The molecule has 5 rings (SSSR count). The van der Waals surface area contributed by atoms with Crippen LogP contribution in [0.15, 0.2) is 72.3 Å². The number of aliphatic hydroxyl groups is 1. The van der Waals surface area contributed by atoms with Crippen LogP contribution in [0.5, 0.6) is 0 Å². The molecule has 3 aromatic rings. The van der Waals surface area contributed by atoms with E-state index < -0.39 is 23.7 Å². The predicted octanol–water partition coefficient (Wildman–Crippen LogP) is 6.07. The highest BCUT2D eigenvalue weighted by atomic mass is 16.5. The SMILES string of the molecule is CCCOC(=O)c1cccc(N2C(=O)C(=O)/C(=C(\O)c3ccc4c(c3)CCCC4)C2c2cccc(C)c2)c1. The molecule has 1 heterocycles. The zero-order valence-electron chi connectivity index (χ0n) is 21.7. The molecule has 1 unspecified atom stereocenters. The van der Waals surface area contributed by atoms with Crippen LogP contribution in [0.3, 0.4) is 0 Å². The maximum atomic E-state index is 13.5. The van der Waals surface area contributed by atoms with Crippen LogP contribution in [0.25, 0.3) is 5.76 Å². The molecule has 1 fully saturated rings. The number of esters is 1. The van der Waals surface area contributed by atoms with Crippen molar-refractivity contribution in [3.05, 3.63) is 106 Å². The summed E-state index contributed by atoms with van der Waals surface area (Å²) in [6.45, 7) is 4.13. The van der Waals surface area contributed by atoms with E-state index in [1.165, 1.54) is 16.0 Å². The summed E-state index contributed by atoms with van der Waals surface area (Å²) in [6.07, 6.45) is 4.84. The second-order valence-corrected chi connectivity index (χ2v) is 9.96. The Hall–Kier alpha value is -4.19. The number of amides is 1. The lowest BCUT2D eigenvalue weighted by Crippen LogP contribution is -2.29. The molecule has 0 saturated carbocycles. The number of ketones is 1. The predicted molar refractivity (Wildman–Crippen MR) is 146 cm³/mol. The third-order valence-electron chi connectivity index (χ3n) is 7.22. The molecule has 1 N–H and O–H groups in total. The Kier molecular flexibility index (Phi) is 7.14. The summed E-state index contributed by atoms with van der Waals surface area (Å²) in [7, 11) is 0. The van der Waals surface area contributed by atoms with Gasteiger partial charge in [-0.25, -0.2) is 4.79 Å². The van der Waals surface area contributed by atoms with Gasteiger partial charge in [0.15, 0.2) is 0 Å². The highest BCUT2D eigenvalue weighted by molar-refractivity contribution is 6.51. The van der Waals surface area contributed by atoms with Crippen molar-refractivity contribution < 1.29 is 24.2 Å². The number of carbonyl (C=O) groups is 3. The lowest BCUT2D eigenvalue weighted by atomic mass is 9.88. The number of benzene rings is 3. The van der Waals surface area contributed by atoms with Gasteiger partial charge in [-0.2, -0.15) is 0 Å². The molecular weight excluding hydrogens is 478 g/mol. The minimum atomic E-state index is -0.854. The first-order valence-electron chi connectivity index (χ1n) is 13.2. The third kappa shape index (κ3) is 4.74. The largest absolute Gasteiger partial charge is 0.507 e. The van der Waals surface area contributed by atoms with Crippen molar-refractivity contribution >= 4 is 29.1 Å². The molecule has 1 aliphatic heterocycles. The van der Waals surface area contributed by atoms with Gasteiger partial charge in [-0.1, -0.05) is 55.0 Å². The zero-order chi connectivity index (χ0) is 26.8. The first-order valence-corrected chi connectivity index (χ1v) is 13.2. The number of anilines is 1. The van der Waals surface area contributed by atoms with Gasteiger partial charge in [0.05, 0.1) is 23.8 Å². The zero-order valence-corrected chi connectivity index (χ0v) is 21.7.